The van der Waals surface area contributed by atoms with Gasteiger partial charge in [0.05, 0.1) is 6.10 Å². The van der Waals surface area contributed by atoms with Gasteiger partial charge in [0.2, 0.25) is 0 Å². The van der Waals surface area contributed by atoms with Crippen molar-refractivity contribution in [1.82, 2.24) is 5.32 Å². The third kappa shape index (κ3) is 2.48. The summed E-state index contributed by atoms with van der Waals surface area (Å²) in [6.45, 7) is 0. The van der Waals surface area contributed by atoms with E-state index in [-0.39, 0.29) is 0 Å². The Bertz CT molecular complexity index is 168. The van der Waals surface area contributed by atoms with Gasteiger partial charge in [0.25, 0.3) is 0 Å². The highest BCUT2D eigenvalue weighted by molar-refractivity contribution is 4.86. The molecule has 0 aromatic heterocycles. The Kier molecular flexibility index (Phi) is 3.82. The number of hydrogen-bond donors (Lipinski definition) is 1. The van der Waals surface area contributed by atoms with Crippen molar-refractivity contribution >= 4 is 0 Å². The summed E-state index contributed by atoms with van der Waals surface area (Å²) in [7, 11) is 1.87. The van der Waals surface area contributed by atoms with E-state index in [1.807, 2.05) is 7.11 Å². The average molecular weight is 197 g/mol. The quantitative estimate of drug-likeness (QED) is 0.702. The van der Waals surface area contributed by atoms with Gasteiger partial charge in [0, 0.05) is 19.2 Å². The highest BCUT2D eigenvalue weighted by Crippen LogP contribution is 2.24. The van der Waals surface area contributed by atoms with Gasteiger partial charge in [-0.3, -0.25) is 0 Å². The zero-order chi connectivity index (χ0) is 9.80. The van der Waals surface area contributed by atoms with Crippen LogP contribution >= 0.6 is 0 Å². The lowest BCUT2D eigenvalue weighted by atomic mass is 9.91. The Morgan fingerprint density at radius 3 is 2.36 bits per heavy atom. The monoisotopic (exact) mass is 197 g/mol. The van der Waals surface area contributed by atoms with E-state index >= 15 is 0 Å². The van der Waals surface area contributed by atoms with Crippen LogP contribution in [0.15, 0.2) is 0 Å². The Labute approximate surface area is 87.4 Å². The Hall–Kier alpha value is -0.0800. The molecule has 2 unspecified atom stereocenters. The Morgan fingerprint density at radius 2 is 1.71 bits per heavy atom. The number of hydrogen-bond acceptors (Lipinski definition) is 2. The van der Waals surface area contributed by atoms with Crippen molar-refractivity contribution in [1.29, 1.82) is 0 Å². The van der Waals surface area contributed by atoms with Gasteiger partial charge in [-0.25, -0.2) is 0 Å². The first-order valence-corrected chi connectivity index (χ1v) is 6.19. The topological polar surface area (TPSA) is 21.3 Å². The second-order valence-corrected chi connectivity index (χ2v) is 4.81. The SMILES string of the molecule is COC1CCCCCC1NC1CCC1. The summed E-state index contributed by atoms with van der Waals surface area (Å²) >= 11 is 0. The van der Waals surface area contributed by atoms with Crippen LogP contribution in [-0.2, 0) is 4.74 Å². The van der Waals surface area contributed by atoms with Crippen LogP contribution < -0.4 is 5.32 Å². The van der Waals surface area contributed by atoms with Crippen molar-refractivity contribution in [3.05, 3.63) is 0 Å². The summed E-state index contributed by atoms with van der Waals surface area (Å²) in [6.07, 6.45) is 11.3. The summed E-state index contributed by atoms with van der Waals surface area (Å²) in [6, 6.07) is 1.43. The van der Waals surface area contributed by atoms with Gasteiger partial charge in [0.1, 0.15) is 0 Å². The highest BCUT2D eigenvalue weighted by atomic mass is 16.5. The van der Waals surface area contributed by atoms with Crippen LogP contribution in [0.3, 0.4) is 0 Å². The molecule has 2 heteroatoms. The molecule has 0 aliphatic heterocycles. The van der Waals surface area contributed by atoms with Crippen LogP contribution in [0.4, 0.5) is 0 Å². The number of methoxy groups -OCH3 is 1. The predicted molar refractivity (Wildman–Crippen MR) is 58.4 cm³/mol. The third-order valence-corrected chi connectivity index (χ3v) is 3.81. The van der Waals surface area contributed by atoms with Gasteiger partial charge in [-0.15, -0.1) is 0 Å². The van der Waals surface area contributed by atoms with Crippen LogP contribution in [0.5, 0.6) is 0 Å². The smallest absolute Gasteiger partial charge is 0.0724 e. The minimum absolute atomic E-state index is 0.470. The van der Waals surface area contributed by atoms with E-state index in [4.69, 9.17) is 4.74 Å². The molecule has 0 bridgehead atoms. The molecule has 0 radical (unpaired) electrons. The van der Waals surface area contributed by atoms with E-state index in [0.717, 1.165) is 6.04 Å². The molecular weight excluding hydrogens is 174 g/mol. The summed E-state index contributed by atoms with van der Waals surface area (Å²) in [5.74, 6) is 0. The third-order valence-electron chi connectivity index (χ3n) is 3.81. The van der Waals surface area contributed by atoms with Crippen LogP contribution in [0.25, 0.3) is 0 Å². The van der Waals surface area contributed by atoms with Crippen molar-refractivity contribution in [2.24, 2.45) is 0 Å². The molecule has 0 saturated heterocycles. The van der Waals surface area contributed by atoms with Crippen LogP contribution in [0.2, 0.25) is 0 Å². The summed E-state index contributed by atoms with van der Waals surface area (Å²) < 4.78 is 5.59. The Balaban J connectivity index is 1.83. The summed E-state index contributed by atoms with van der Waals surface area (Å²) in [5.41, 5.74) is 0. The molecule has 2 aliphatic rings. The average Bonchev–Trinajstić information content (AvgIpc) is 2.35. The molecule has 82 valence electrons. The lowest BCUT2D eigenvalue weighted by Gasteiger charge is -2.34. The standard InChI is InChI=1S/C12H23NO/c1-14-12-9-4-2-3-8-11(12)13-10-6-5-7-10/h10-13H,2-9H2,1H3. The molecule has 2 nitrogen and oxygen atoms in total. The maximum absolute atomic E-state index is 5.59. The van der Waals surface area contributed by atoms with E-state index in [1.54, 1.807) is 0 Å². The van der Waals surface area contributed by atoms with E-state index in [1.165, 1.54) is 51.4 Å². The van der Waals surface area contributed by atoms with Crippen molar-refractivity contribution in [2.75, 3.05) is 7.11 Å². The molecule has 0 heterocycles. The molecule has 1 N–H and O–H groups in total. The zero-order valence-corrected chi connectivity index (χ0v) is 9.30. The maximum atomic E-state index is 5.59. The van der Waals surface area contributed by atoms with Crippen molar-refractivity contribution in [2.45, 2.75) is 69.6 Å². The van der Waals surface area contributed by atoms with Crippen LogP contribution in [0, 0.1) is 0 Å². The normalized spacial score (nSPS) is 34.9. The number of nitrogens with one attached hydrogen (secondary N) is 1. The van der Waals surface area contributed by atoms with Gasteiger partial charge in [-0.2, -0.15) is 0 Å². The van der Waals surface area contributed by atoms with Gasteiger partial charge in [0.15, 0.2) is 0 Å². The minimum atomic E-state index is 0.470. The van der Waals surface area contributed by atoms with Crippen molar-refractivity contribution in [3.63, 3.8) is 0 Å². The largest absolute Gasteiger partial charge is 0.380 e. The molecule has 2 fully saturated rings. The fraction of sp³-hybridized carbons (Fsp3) is 1.00. The van der Waals surface area contributed by atoms with E-state index in [9.17, 15) is 0 Å². The van der Waals surface area contributed by atoms with E-state index in [2.05, 4.69) is 5.32 Å². The molecule has 0 amide bonds. The molecular formula is C12H23NO. The first-order chi connectivity index (χ1) is 6.90. The molecule has 2 rings (SSSR count). The fourth-order valence-corrected chi connectivity index (χ4v) is 2.62. The molecule has 0 aromatic carbocycles. The minimum Gasteiger partial charge on any atom is -0.380 e. The first-order valence-electron chi connectivity index (χ1n) is 6.19. The molecule has 0 aromatic rings. The molecule has 0 spiro atoms. The van der Waals surface area contributed by atoms with Gasteiger partial charge in [-0.05, 0) is 25.7 Å². The highest BCUT2D eigenvalue weighted by Gasteiger charge is 2.27. The van der Waals surface area contributed by atoms with Crippen LogP contribution in [-0.4, -0.2) is 25.3 Å². The lowest BCUT2D eigenvalue weighted by Crippen LogP contribution is -2.48. The number of rotatable bonds is 3. The van der Waals surface area contributed by atoms with Gasteiger partial charge < -0.3 is 10.1 Å². The number of ether oxygens (including phenoxy) is 1. The van der Waals surface area contributed by atoms with Crippen LogP contribution in [0.1, 0.15) is 51.4 Å². The van der Waals surface area contributed by atoms with Crippen molar-refractivity contribution in [3.8, 4) is 0 Å². The van der Waals surface area contributed by atoms with E-state index < -0.39 is 0 Å². The fourth-order valence-electron chi connectivity index (χ4n) is 2.62. The molecule has 2 saturated carbocycles. The van der Waals surface area contributed by atoms with Crippen molar-refractivity contribution < 1.29 is 4.74 Å². The Morgan fingerprint density at radius 1 is 0.929 bits per heavy atom. The zero-order valence-electron chi connectivity index (χ0n) is 9.30. The summed E-state index contributed by atoms with van der Waals surface area (Å²) in [5, 5.41) is 3.77. The second-order valence-electron chi connectivity index (χ2n) is 4.81. The molecule has 14 heavy (non-hydrogen) atoms. The lowest BCUT2D eigenvalue weighted by molar-refractivity contribution is 0.0544. The summed E-state index contributed by atoms with van der Waals surface area (Å²) in [4.78, 5) is 0. The van der Waals surface area contributed by atoms with E-state index in [0.29, 0.717) is 12.1 Å². The first kappa shape index (κ1) is 10.4. The molecule has 2 aliphatic carbocycles. The second kappa shape index (κ2) is 5.13. The van der Waals surface area contributed by atoms with Gasteiger partial charge in [-0.1, -0.05) is 25.7 Å². The predicted octanol–water partition coefficient (Wildman–Crippen LogP) is 2.48. The molecule has 2 atom stereocenters. The maximum Gasteiger partial charge on any atom is 0.0724 e. The van der Waals surface area contributed by atoms with Gasteiger partial charge >= 0.3 is 0 Å².